The molecule has 39 heavy (non-hydrogen) atoms. The van der Waals surface area contributed by atoms with Crippen molar-refractivity contribution in [3.63, 3.8) is 0 Å². The molecule has 0 amide bonds. The first-order valence-corrected chi connectivity index (χ1v) is 12.9. The zero-order valence-corrected chi connectivity index (χ0v) is 22.5. The third-order valence-electron chi connectivity index (χ3n) is 6.71. The Labute approximate surface area is 224 Å². The lowest BCUT2D eigenvalue weighted by atomic mass is 9.91. The molecule has 1 aliphatic heterocycles. The van der Waals surface area contributed by atoms with Crippen LogP contribution in [0, 0.1) is 5.92 Å². The van der Waals surface area contributed by atoms with Gasteiger partial charge in [0.25, 0.3) is 11.8 Å². The molecule has 1 N–H and O–H groups in total. The van der Waals surface area contributed by atoms with Crippen molar-refractivity contribution in [2.75, 3.05) is 18.0 Å². The molecule has 0 aliphatic carbocycles. The van der Waals surface area contributed by atoms with Gasteiger partial charge in [0.2, 0.25) is 0 Å². The number of aryl methyl sites for hydroxylation is 4. The maximum Gasteiger partial charge on any atom is 0.313 e. The number of nitrogens with zero attached hydrogens (tertiary/aromatic N) is 7. The molecular weight excluding hydrogens is 512 g/mol. The van der Waals surface area contributed by atoms with Gasteiger partial charge in [-0.1, -0.05) is 25.5 Å². The van der Waals surface area contributed by atoms with Gasteiger partial charge in [0.1, 0.15) is 18.0 Å². The fraction of sp³-hybridized carbons (Fsp3) is 0.538. The molecule has 11 nitrogen and oxygen atoms in total. The first-order valence-electron chi connectivity index (χ1n) is 12.9. The maximum absolute atomic E-state index is 14.5. The molecule has 0 unspecified atom stereocenters. The van der Waals surface area contributed by atoms with E-state index >= 15 is 0 Å². The van der Waals surface area contributed by atoms with Crippen molar-refractivity contribution in [3.8, 4) is 17.3 Å². The van der Waals surface area contributed by atoms with E-state index in [9.17, 15) is 18.4 Å². The van der Waals surface area contributed by atoms with Gasteiger partial charge < -0.3 is 19.3 Å². The summed E-state index contributed by atoms with van der Waals surface area (Å²) in [5, 5.41) is 17.5. The summed E-state index contributed by atoms with van der Waals surface area (Å²) in [6.07, 6.45) is 2.96. The number of piperidine rings is 1. The Morgan fingerprint density at radius 3 is 2.69 bits per heavy atom. The first kappa shape index (κ1) is 28.1. The van der Waals surface area contributed by atoms with Gasteiger partial charge in [-0.05, 0) is 30.9 Å². The number of pyridine rings is 1. The fourth-order valence-electron chi connectivity index (χ4n) is 4.93. The van der Waals surface area contributed by atoms with Gasteiger partial charge in [-0.15, -0.1) is 5.10 Å². The Morgan fingerprint density at radius 2 is 2.00 bits per heavy atom. The van der Waals surface area contributed by atoms with Gasteiger partial charge in [-0.2, -0.15) is 0 Å². The number of hydrogen-bond donors (Lipinski definition) is 1. The van der Waals surface area contributed by atoms with Crippen LogP contribution in [0.1, 0.15) is 50.2 Å². The van der Waals surface area contributed by atoms with Crippen LogP contribution < -0.4 is 15.2 Å². The van der Waals surface area contributed by atoms with Crippen molar-refractivity contribution in [3.05, 3.63) is 45.8 Å². The minimum atomic E-state index is -3.00. The van der Waals surface area contributed by atoms with Gasteiger partial charge in [0.15, 0.2) is 0 Å². The topological polar surface area (TPSA) is 128 Å². The average molecular weight is 546 g/mol. The summed E-state index contributed by atoms with van der Waals surface area (Å²) >= 11 is 0. The van der Waals surface area contributed by atoms with Crippen LogP contribution in [0.25, 0.3) is 11.4 Å². The van der Waals surface area contributed by atoms with E-state index in [0.29, 0.717) is 41.3 Å². The minimum Gasteiger partial charge on any atom is -0.481 e. The molecule has 1 saturated heterocycles. The SMILES string of the molecule is CCCc1cn(C)c(=O)c(OCc2c(-c3ccc(N4C[C@@H](CC(=O)O)CC(F)(F)C4)c(CC)n3)nnn2C)n1. The average Bonchev–Trinajstić information content (AvgIpc) is 3.23. The lowest BCUT2D eigenvalue weighted by Crippen LogP contribution is -2.48. The number of hydrogen-bond acceptors (Lipinski definition) is 8. The highest BCUT2D eigenvalue weighted by atomic mass is 19.3. The molecule has 0 radical (unpaired) electrons. The van der Waals surface area contributed by atoms with Crippen molar-refractivity contribution >= 4 is 11.7 Å². The van der Waals surface area contributed by atoms with E-state index in [1.165, 1.54) is 14.1 Å². The summed E-state index contributed by atoms with van der Waals surface area (Å²) in [4.78, 5) is 34.3. The van der Waals surface area contributed by atoms with E-state index in [-0.39, 0.29) is 31.0 Å². The van der Waals surface area contributed by atoms with Crippen molar-refractivity contribution in [1.29, 1.82) is 0 Å². The van der Waals surface area contributed by atoms with Crippen molar-refractivity contribution in [1.82, 2.24) is 29.5 Å². The quantitative estimate of drug-likeness (QED) is 0.409. The zero-order valence-electron chi connectivity index (χ0n) is 22.5. The van der Waals surface area contributed by atoms with Gasteiger partial charge in [-0.25, -0.2) is 23.4 Å². The van der Waals surface area contributed by atoms with E-state index < -0.39 is 30.8 Å². The lowest BCUT2D eigenvalue weighted by molar-refractivity contribution is -0.139. The van der Waals surface area contributed by atoms with Crippen molar-refractivity contribution in [2.24, 2.45) is 20.0 Å². The number of aliphatic carboxylic acids is 1. The normalized spacial score (nSPS) is 16.9. The number of carboxylic acids is 1. The Balaban J connectivity index is 1.61. The second kappa shape index (κ2) is 11.5. The summed E-state index contributed by atoms with van der Waals surface area (Å²) < 4.78 is 37.8. The number of rotatable bonds is 10. The van der Waals surface area contributed by atoms with Gasteiger partial charge in [-0.3, -0.25) is 9.59 Å². The molecule has 0 saturated carbocycles. The fourth-order valence-corrected chi connectivity index (χ4v) is 4.93. The lowest BCUT2D eigenvalue weighted by Gasteiger charge is -2.39. The van der Waals surface area contributed by atoms with E-state index in [1.54, 1.807) is 32.4 Å². The molecule has 4 rings (SSSR count). The summed E-state index contributed by atoms with van der Waals surface area (Å²) in [5.74, 6) is -4.78. The minimum absolute atomic E-state index is 0.0184. The number of alkyl halides is 2. The summed E-state index contributed by atoms with van der Waals surface area (Å²) in [6, 6.07) is 3.39. The second-order valence-corrected chi connectivity index (χ2v) is 9.92. The van der Waals surface area contributed by atoms with Crippen LogP contribution in [0.2, 0.25) is 0 Å². The molecule has 210 valence electrons. The number of ether oxygens (including phenoxy) is 1. The predicted molar refractivity (Wildman–Crippen MR) is 139 cm³/mol. The molecule has 0 aromatic carbocycles. The van der Waals surface area contributed by atoms with Gasteiger partial charge in [0, 0.05) is 33.3 Å². The summed E-state index contributed by atoms with van der Waals surface area (Å²) in [5.41, 5.74) is 2.99. The smallest absolute Gasteiger partial charge is 0.313 e. The standard InChI is InChI=1S/C26H33F2N7O4/c1-5-7-17-13-33(3)25(38)24(29-17)39-14-21-23(31-32-34(21)4)19-8-9-20(18(6-2)30-19)35-12-16(10-22(36)37)11-26(27,28)15-35/h8-9,13,16H,5-7,10-12,14-15H2,1-4H3,(H,36,37)/t16-/m0/s1. The van der Waals surface area contributed by atoms with Crippen LogP contribution in [0.15, 0.2) is 23.1 Å². The highest BCUT2D eigenvalue weighted by Crippen LogP contribution is 2.36. The van der Waals surface area contributed by atoms with E-state index in [2.05, 4.69) is 15.3 Å². The highest BCUT2D eigenvalue weighted by molar-refractivity contribution is 5.67. The molecule has 3 aromatic rings. The summed E-state index contributed by atoms with van der Waals surface area (Å²) in [7, 11) is 3.34. The van der Waals surface area contributed by atoms with E-state index in [1.807, 2.05) is 13.8 Å². The largest absolute Gasteiger partial charge is 0.481 e. The zero-order chi connectivity index (χ0) is 28.3. The van der Waals surface area contributed by atoms with E-state index in [0.717, 1.165) is 12.1 Å². The molecule has 1 atom stereocenters. The first-order chi connectivity index (χ1) is 18.5. The molecule has 0 spiro atoms. The Hall–Kier alpha value is -3.90. The number of anilines is 1. The van der Waals surface area contributed by atoms with Crippen molar-refractivity contribution < 1.29 is 23.4 Å². The second-order valence-electron chi connectivity index (χ2n) is 9.92. The predicted octanol–water partition coefficient (Wildman–Crippen LogP) is 3.00. The third-order valence-corrected chi connectivity index (χ3v) is 6.71. The molecule has 0 bridgehead atoms. The molecule has 13 heteroatoms. The van der Waals surface area contributed by atoms with Crippen LogP contribution in [0.5, 0.6) is 5.88 Å². The molecule has 4 heterocycles. The van der Waals surface area contributed by atoms with Crippen LogP contribution in [-0.4, -0.2) is 59.6 Å². The number of carboxylic acid groups (broad SMARTS) is 1. The molecule has 1 aliphatic rings. The van der Waals surface area contributed by atoms with Crippen LogP contribution >= 0.6 is 0 Å². The number of carbonyl (C=O) groups is 1. The Morgan fingerprint density at radius 1 is 1.23 bits per heavy atom. The molecule has 1 fully saturated rings. The van der Waals surface area contributed by atoms with Gasteiger partial charge in [0.05, 0.1) is 35.7 Å². The van der Waals surface area contributed by atoms with E-state index in [4.69, 9.17) is 14.8 Å². The number of halogens is 2. The van der Waals surface area contributed by atoms with Crippen LogP contribution in [0.3, 0.4) is 0 Å². The molecule has 3 aromatic heterocycles. The third kappa shape index (κ3) is 6.40. The maximum atomic E-state index is 14.5. The van der Waals surface area contributed by atoms with Crippen LogP contribution in [0.4, 0.5) is 14.5 Å². The Bertz CT molecular complexity index is 1410. The highest BCUT2D eigenvalue weighted by Gasteiger charge is 2.41. The van der Waals surface area contributed by atoms with Crippen LogP contribution in [-0.2, 0) is 38.3 Å². The van der Waals surface area contributed by atoms with Crippen molar-refractivity contribution in [2.45, 2.75) is 58.5 Å². The number of aromatic nitrogens is 6. The molecular formula is C26H33F2N7O4. The summed E-state index contributed by atoms with van der Waals surface area (Å²) in [6.45, 7) is 3.57. The van der Waals surface area contributed by atoms with Gasteiger partial charge >= 0.3 is 11.5 Å². The monoisotopic (exact) mass is 545 g/mol. The Kier molecular flexibility index (Phi) is 8.26.